The summed E-state index contributed by atoms with van der Waals surface area (Å²) in [6, 6.07) is 24.9. The van der Waals surface area contributed by atoms with Crippen LogP contribution >= 0.6 is 0 Å². The molecule has 0 unspecified atom stereocenters. The van der Waals surface area contributed by atoms with E-state index in [2.05, 4.69) is 5.32 Å². The normalized spacial score (nSPS) is 10.9. The number of para-hydroxylation sites is 1. The first kappa shape index (κ1) is 26.4. The van der Waals surface area contributed by atoms with E-state index in [0.29, 0.717) is 39.4 Å². The summed E-state index contributed by atoms with van der Waals surface area (Å²) in [6.45, 7) is -0.157. The third-order valence-corrected chi connectivity index (χ3v) is 6.60. The second-order valence-corrected chi connectivity index (χ2v) is 9.09. The molecule has 4 aromatic carbocycles. The van der Waals surface area contributed by atoms with Crippen molar-refractivity contribution in [2.24, 2.45) is 0 Å². The van der Waals surface area contributed by atoms with Crippen molar-refractivity contribution in [2.45, 2.75) is 13.1 Å². The number of nitrogens with one attached hydrogen (secondary N) is 1. The summed E-state index contributed by atoms with van der Waals surface area (Å²) in [5.74, 6) is -0.0965. The van der Waals surface area contributed by atoms with Crippen molar-refractivity contribution < 1.29 is 18.7 Å². The first-order valence-electron chi connectivity index (χ1n) is 12.5. The minimum atomic E-state index is -0.612. The number of amides is 1. The largest absolute Gasteiger partial charge is 0.493 e. The van der Waals surface area contributed by atoms with Crippen molar-refractivity contribution in [3.05, 3.63) is 134 Å². The van der Waals surface area contributed by atoms with Crippen LogP contribution in [0.1, 0.15) is 21.5 Å². The third-order valence-electron chi connectivity index (χ3n) is 6.60. The maximum atomic E-state index is 14.6. The first-order chi connectivity index (χ1) is 19.4. The molecule has 202 valence electrons. The van der Waals surface area contributed by atoms with Gasteiger partial charge in [-0.2, -0.15) is 0 Å². The molecule has 1 aromatic heterocycles. The van der Waals surface area contributed by atoms with Gasteiger partial charge in [-0.1, -0.05) is 48.5 Å². The minimum absolute atomic E-state index is 0.0557. The number of carbonyl (C=O) groups excluding carboxylic acids is 1. The predicted octanol–water partition coefficient (Wildman–Crippen LogP) is 4.67. The Balaban J connectivity index is 1.56. The number of aromatic nitrogens is 2. The van der Waals surface area contributed by atoms with Gasteiger partial charge in [-0.25, -0.2) is 9.18 Å². The number of hydrogen-bond donors (Lipinski definition) is 1. The molecule has 0 fully saturated rings. The number of methoxy groups -OCH3 is 2. The molecule has 9 heteroatoms. The van der Waals surface area contributed by atoms with E-state index in [9.17, 15) is 18.8 Å². The van der Waals surface area contributed by atoms with Crippen molar-refractivity contribution >= 4 is 22.5 Å². The summed E-state index contributed by atoms with van der Waals surface area (Å²) < 4.78 is 27.8. The smallest absolute Gasteiger partial charge is 0.332 e. The van der Waals surface area contributed by atoms with Gasteiger partial charge in [0, 0.05) is 22.9 Å². The van der Waals surface area contributed by atoms with Gasteiger partial charge in [0.2, 0.25) is 0 Å². The highest BCUT2D eigenvalue weighted by Gasteiger charge is 2.18. The van der Waals surface area contributed by atoms with Gasteiger partial charge in [0.05, 0.1) is 38.2 Å². The van der Waals surface area contributed by atoms with Crippen LogP contribution in [-0.4, -0.2) is 29.3 Å². The molecule has 5 aromatic rings. The Labute approximate surface area is 228 Å². The number of ether oxygens (including phenoxy) is 2. The minimum Gasteiger partial charge on any atom is -0.493 e. The molecule has 5 rings (SSSR count). The highest BCUT2D eigenvalue weighted by molar-refractivity contribution is 6.04. The molecule has 0 saturated heterocycles. The molecule has 1 amide bonds. The lowest BCUT2D eigenvalue weighted by Crippen LogP contribution is -2.40. The number of fused-ring (bicyclic) bond motifs is 1. The monoisotopic (exact) mass is 539 g/mol. The van der Waals surface area contributed by atoms with Crippen LogP contribution in [0.5, 0.6) is 11.5 Å². The summed E-state index contributed by atoms with van der Waals surface area (Å²) in [6.07, 6.45) is 0. The first-order valence-corrected chi connectivity index (χ1v) is 12.5. The molecule has 0 radical (unpaired) electrons. The Morgan fingerprint density at radius 2 is 1.45 bits per heavy atom. The van der Waals surface area contributed by atoms with E-state index in [0.717, 1.165) is 4.57 Å². The zero-order valence-corrected chi connectivity index (χ0v) is 21.9. The molecule has 0 atom stereocenters. The van der Waals surface area contributed by atoms with Crippen LogP contribution in [0.2, 0.25) is 0 Å². The van der Waals surface area contributed by atoms with Gasteiger partial charge < -0.3 is 14.8 Å². The maximum absolute atomic E-state index is 14.6. The van der Waals surface area contributed by atoms with Crippen LogP contribution in [0.4, 0.5) is 10.1 Å². The van der Waals surface area contributed by atoms with Gasteiger partial charge in [-0.05, 0) is 42.0 Å². The average molecular weight is 540 g/mol. The van der Waals surface area contributed by atoms with Crippen LogP contribution in [0.25, 0.3) is 10.9 Å². The highest BCUT2D eigenvalue weighted by Crippen LogP contribution is 2.30. The summed E-state index contributed by atoms with van der Waals surface area (Å²) in [5.41, 5.74) is 1.16. The van der Waals surface area contributed by atoms with E-state index < -0.39 is 17.1 Å². The standard InChI is InChI=1S/C31H26FN3O5/c1-39-27-16-24-26(17-28(27)40-2)34(19-22-8-6-7-11-25(22)32)31(38)35(30(24)37)18-20-12-14-21(15-13-20)29(36)33-23-9-4-3-5-10-23/h3-17H,18-19H2,1-2H3,(H,33,36). The molecule has 8 nitrogen and oxygen atoms in total. The molecule has 0 aliphatic rings. The lowest BCUT2D eigenvalue weighted by Gasteiger charge is -2.17. The zero-order valence-electron chi connectivity index (χ0n) is 21.9. The maximum Gasteiger partial charge on any atom is 0.332 e. The van der Waals surface area contributed by atoms with E-state index in [4.69, 9.17) is 9.47 Å². The molecule has 0 spiro atoms. The van der Waals surface area contributed by atoms with E-state index in [-0.39, 0.29) is 24.4 Å². The Morgan fingerprint density at radius 1 is 0.800 bits per heavy atom. The number of anilines is 1. The molecule has 1 heterocycles. The fraction of sp³-hybridized carbons (Fsp3) is 0.129. The molecule has 1 N–H and O–H groups in total. The molecule has 40 heavy (non-hydrogen) atoms. The number of nitrogens with zero attached hydrogens (tertiary/aromatic N) is 2. The number of rotatable bonds is 8. The SMILES string of the molecule is COc1cc2c(=O)n(Cc3ccc(C(=O)Nc4ccccc4)cc3)c(=O)n(Cc3ccccc3F)c2cc1OC. The van der Waals surface area contributed by atoms with E-state index in [1.54, 1.807) is 60.7 Å². The van der Waals surface area contributed by atoms with Crippen molar-refractivity contribution in [2.75, 3.05) is 19.5 Å². The van der Waals surface area contributed by atoms with Crippen molar-refractivity contribution in [3.8, 4) is 11.5 Å². The lowest BCUT2D eigenvalue weighted by atomic mass is 10.1. The van der Waals surface area contributed by atoms with Crippen molar-refractivity contribution in [1.82, 2.24) is 9.13 Å². The summed E-state index contributed by atoms with van der Waals surface area (Å²) in [4.78, 5) is 39.9. The molecular formula is C31H26FN3O5. The quantitative estimate of drug-likeness (QED) is 0.310. The third kappa shape index (κ3) is 5.22. The van der Waals surface area contributed by atoms with Gasteiger partial charge in [-0.15, -0.1) is 0 Å². The van der Waals surface area contributed by atoms with Crippen LogP contribution in [0.15, 0.2) is 101 Å². The average Bonchev–Trinajstić information content (AvgIpc) is 2.98. The van der Waals surface area contributed by atoms with Crippen molar-refractivity contribution in [1.29, 1.82) is 0 Å². The number of carbonyl (C=O) groups is 1. The predicted molar refractivity (Wildman–Crippen MR) is 151 cm³/mol. The van der Waals surface area contributed by atoms with Crippen LogP contribution in [0, 0.1) is 5.82 Å². The fourth-order valence-corrected chi connectivity index (χ4v) is 4.50. The summed E-state index contributed by atoms with van der Waals surface area (Å²) in [7, 11) is 2.90. The molecule has 0 saturated carbocycles. The van der Waals surface area contributed by atoms with Crippen LogP contribution in [-0.2, 0) is 13.1 Å². The Morgan fingerprint density at radius 3 is 2.12 bits per heavy atom. The molecule has 0 bridgehead atoms. The lowest BCUT2D eigenvalue weighted by molar-refractivity contribution is 0.102. The summed E-state index contributed by atoms with van der Waals surface area (Å²) >= 11 is 0. The zero-order chi connectivity index (χ0) is 28.2. The van der Waals surface area contributed by atoms with E-state index in [1.165, 1.54) is 30.9 Å². The second-order valence-electron chi connectivity index (χ2n) is 9.09. The number of benzene rings is 4. The molecular weight excluding hydrogens is 513 g/mol. The van der Waals surface area contributed by atoms with Gasteiger partial charge in [0.25, 0.3) is 11.5 Å². The van der Waals surface area contributed by atoms with Crippen LogP contribution < -0.4 is 26.0 Å². The van der Waals surface area contributed by atoms with Gasteiger partial charge in [-0.3, -0.25) is 18.7 Å². The van der Waals surface area contributed by atoms with E-state index >= 15 is 0 Å². The number of halogens is 1. The molecule has 0 aliphatic carbocycles. The fourth-order valence-electron chi connectivity index (χ4n) is 4.50. The molecule has 0 aliphatic heterocycles. The van der Waals surface area contributed by atoms with Gasteiger partial charge >= 0.3 is 5.69 Å². The van der Waals surface area contributed by atoms with E-state index in [1.807, 2.05) is 18.2 Å². The Kier molecular flexibility index (Phi) is 7.46. The number of hydrogen-bond acceptors (Lipinski definition) is 5. The highest BCUT2D eigenvalue weighted by atomic mass is 19.1. The Bertz CT molecular complexity index is 1810. The van der Waals surface area contributed by atoms with Gasteiger partial charge in [0.15, 0.2) is 11.5 Å². The summed E-state index contributed by atoms with van der Waals surface area (Å²) in [5, 5.41) is 3.04. The van der Waals surface area contributed by atoms with Crippen LogP contribution in [0.3, 0.4) is 0 Å². The van der Waals surface area contributed by atoms with Crippen molar-refractivity contribution in [3.63, 3.8) is 0 Å². The second kappa shape index (κ2) is 11.3. The van der Waals surface area contributed by atoms with Gasteiger partial charge in [0.1, 0.15) is 5.82 Å². The topological polar surface area (TPSA) is 91.6 Å². The Hall–Kier alpha value is -5.18.